The van der Waals surface area contributed by atoms with E-state index in [9.17, 15) is 9.18 Å². The number of hydrogen-bond donors (Lipinski definition) is 1. The normalized spacial score (nSPS) is 24.2. The molecule has 5 heteroatoms. The summed E-state index contributed by atoms with van der Waals surface area (Å²) >= 11 is 0. The highest BCUT2D eigenvalue weighted by Crippen LogP contribution is 2.25. The van der Waals surface area contributed by atoms with Gasteiger partial charge in [0.05, 0.1) is 12.6 Å². The first-order valence-corrected chi connectivity index (χ1v) is 8.36. The van der Waals surface area contributed by atoms with Crippen molar-refractivity contribution in [3.63, 3.8) is 0 Å². The summed E-state index contributed by atoms with van der Waals surface area (Å²) in [4.78, 5) is 14.6. The zero-order chi connectivity index (χ0) is 17.0. The lowest BCUT2D eigenvalue weighted by atomic mass is 10.2. The van der Waals surface area contributed by atoms with E-state index in [-0.39, 0.29) is 23.8 Å². The summed E-state index contributed by atoms with van der Waals surface area (Å²) in [6, 6.07) is 6.98. The third kappa shape index (κ3) is 4.44. The van der Waals surface area contributed by atoms with Gasteiger partial charge in [0.1, 0.15) is 6.10 Å². The maximum Gasteiger partial charge on any atom is 0.237 e. The summed E-state index contributed by atoms with van der Waals surface area (Å²) in [5.74, 6) is -0.183. The molecule has 1 fully saturated rings. The van der Waals surface area contributed by atoms with Crippen molar-refractivity contribution >= 4 is 5.91 Å². The predicted molar refractivity (Wildman–Crippen MR) is 89.0 cm³/mol. The molecule has 0 unspecified atom stereocenters. The Bertz CT molecular complexity index is 528. The Morgan fingerprint density at radius 3 is 2.52 bits per heavy atom. The molecule has 1 amide bonds. The van der Waals surface area contributed by atoms with Gasteiger partial charge < -0.3 is 10.1 Å². The molecule has 0 aliphatic carbocycles. The van der Waals surface area contributed by atoms with Gasteiger partial charge >= 0.3 is 0 Å². The van der Waals surface area contributed by atoms with Crippen molar-refractivity contribution in [1.29, 1.82) is 0 Å². The number of para-hydroxylation sites is 1. The van der Waals surface area contributed by atoms with Crippen molar-refractivity contribution in [2.24, 2.45) is 0 Å². The maximum atomic E-state index is 13.5. The number of likely N-dealkylation sites (tertiary alicyclic amines) is 1. The number of nitrogens with one attached hydrogen (secondary N) is 1. The van der Waals surface area contributed by atoms with E-state index in [1.54, 1.807) is 18.2 Å². The third-order valence-corrected chi connectivity index (χ3v) is 4.58. The Hall–Kier alpha value is -1.62. The predicted octanol–water partition coefficient (Wildman–Crippen LogP) is 2.97. The number of carbonyl (C=O) groups excluding carboxylic acids is 1. The number of nitrogens with zero attached hydrogens (tertiary/aromatic N) is 1. The van der Waals surface area contributed by atoms with Crippen molar-refractivity contribution in [2.45, 2.75) is 64.8 Å². The Morgan fingerprint density at radius 2 is 1.91 bits per heavy atom. The van der Waals surface area contributed by atoms with Crippen LogP contribution in [0.15, 0.2) is 24.3 Å². The van der Waals surface area contributed by atoms with Crippen LogP contribution in [0.3, 0.4) is 0 Å². The summed E-state index contributed by atoms with van der Waals surface area (Å²) in [6.07, 6.45) is 1.97. The topological polar surface area (TPSA) is 41.6 Å². The van der Waals surface area contributed by atoms with Crippen LogP contribution in [0.25, 0.3) is 0 Å². The number of halogens is 1. The van der Waals surface area contributed by atoms with Crippen LogP contribution in [0, 0.1) is 5.82 Å². The fourth-order valence-electron chi connectivity index (χ4n) is 3.30. The maximum absolute atomic E-state index is 13.5. The van der Waals surface area contributed by atoms with E-state index < -0.39 is 5.82 Å². The van der Waals surface area contributed by atoms with Gasteiger partial charge in [-0.3, -0.25) is 9.69 Å². The summed E-state index contributed by atoms with van der Waals surface area (Å²) in [5.41, 5.74) is 0. The molecule has 0 bridgehead atoms. The summed E-state index contributed by atoms with van der Waals surface area (Å²) in [7, 11) is 0. The van der Waals surface area contributed by atoms with E-state index in [4.69, 9.17) is 4.74 Å². The Balaban J connectivity index is 1.83. The third-order valence-electron chi connectivity index (χ3n) is 4.58. The molecule has 0 spiro atoms. The molecule has 1 aliphatic rings. The van der Waals surface area contributed by atoms with E-state index in [0.29, 0.717) is 18.6 Å². The first kappa shape index (κ1) is 17.7. The van der Waals surface area contributed by atoms with Crippen molar-refractivity contribution in [1.82, 2.24) is 10.2 Å². The molecule has 0 radical (unpaired) electrons. The Kier molecular flexibility index (Phi) is 5.99. The van der Waals surface area contributed by atoms with Gasteiger partial charge in [-0.15, -0.1) is 0 Å². The number of amides is 1. The summed E-state index contributed by atoms with van der Waals surface area (Å²) < 4.78 is 19.1. The molecule has 0 aromatic heterocycles. The quantitative estimate of drug-likeness (QED) is 0.875. The van der Waals surface area contributed by atoms with Gasteiger partial charge in [-0.2, -0.15) is 0 Å². The van der Waals surface area contributed by atoms with Crippen LogP contribution in [-0.2, 0) is 4.79 Å². The molecule has 1 aromatic carbocycles. The molecule has 1 heterocycles. The largest absolute Gasteiger partial charge is 0.486 e. The molecule has 23 heavy (non-hydrogen) atoms. The van der Waals surface area contributed by atoms with Crippen molar-refractivity contribution < 1.29 is 13.9 Å². The van der Waals surface area contributed by atoms with E-state index in [1.807, 2.05) is 13.8 Å². The van der Waals surface area contributed by atoms with E-state index in [0.717, 1.165) is 12.8 Å². The number of hydrogen-bond acceptors (Lipinski definition) is 3. The lowest BCUT2D eigenvalue weighted by molar-refractivity contribution is -0.127. The number of ether oxygens (including phenoxy) is 1. The fourth-order valence-corrected chi connectivity index (χ4v) is 3.30. The van der Waals surface area contributed by atoms with Crippen molar-refractivity contribution in [3.05, 3.63) is 30.1 Å². The summed E-state index contributed by atoms with van der Waals surface area (Å²) in [5, 5.41) is 2.91. The lowest BCUT2D eigenvalue weighted by Gasteiger charge is -2.31. The molecule has 1 saturated heterocycles. The van der Waals surface area contributed by atoms with E-state index >= 15 is 0 Å². The average Bonchev–Trinajstić information content (AvgIpc) is 2.85. The minimum absolute atomic E-state index is 0.00502. The Labute approximate surface area is 138 Å². The summed E-state index contributed by atoms with van der Waals surface area (Å²) in [6.45, 7) is 8.44. The first-order valence-electron chi connectivity index (χ1n) is 8.36. The van der Waals surface area contributed by atoms with E-state index in [2.05, 4.69) is 24.1 Å². The van der Waals surface area contributed by atoms with Gasteiger partial charge in [0.15, 0.2) is 11.6 Å². The zero-order valence-electron chi connectivity index (χ0n) is 14.4. The van der Waals surface area contributed by atoms with Crippen LogP contribution in [0.2, 0.25) is 0 Å². The second-order valence-corrected chi connectivity index (χ2v) is 6.50. The number of carbonyl (C=O) groups is 1. The molecule has 1 aliphatic heterocycles. The van der Waals surface area contributed by atoms with Crippen LogP contribution >= 0.6 is 0 Å². The van der Waals surface area contributed by atoms with Crippen LogP contribution in [0.4, 0.5) is 4.39 Å². The molecule has 128 valence electrons. The molecular formula is C18H27FN2O2. The number of benzene rings is 1. The minimum Gasteiger partial charge on any atom is -0.486 e. The van der Waals surface area contributed by atoms with Crippen LogP contribution in [0.1, 0.15) is 40.5 Å². The molecule has 2 rings (SSSR count). The van der Waals surface area contributed by atoms with Crippen LogP contribution in [-0.4, -0.2) is 41.6 Å². The molecule has 0 saturated carbocycles. The number of rotatable bonds is 6. The minimum atomic E-state index is -0.390. The monoisotopic (exact) mass is 322 g/mol. The lowest BCUT2D eigenvalue weighted by Crippen LogP contribution is -2.50. The van der Waals surface area contributed by atoms with Crippen LogP contribution < -0.4 is 10.1 Å². The van der Waals surface area contributed by atoms with Crippen molar-refractivity contribution in [2.75, 3.05) is 6.54 Å². The molecule has 1 N–H and O–H groups in total. The highest BCUT2D eigenvalue weighted by atomic mass is 19.1. The standard InChI is InChI=1S/C18H27FN2O2/c1-12-9-10-13(2)21(12)15(4)18(22)20-11-14(3)23-17-8-6-5-7-16(17)19/h5-8,12-15H,9-11H2,1-4H3,(H,20,22)/t12-,13-,14+,15-/m0/s1. The Morgan fingerprint density at radius 1 is 1.30 bits per heavy atom. The van der Waals surface area contributed by atoms with Crippen LogP contribution in [0.5, 0.6) is 5.75 Å². The average molecular weight is 322 g/mol. The van der Waals surface area contributed by atoms with Gasteiger partial charge in [-0.05, 0) is 52.7 Å². The van der Waals surface area contributed by atoms with Gasteiger partial charge in [0.2, 0.25) is 5.91 Å². The fraction of sp³-hybridized carbons (Fsp3) is 0.611. The molecule has 4 atom stereocenters. The van der Waals surface area contributed by atoms with Crippen molar-refractivity contribution in [3.8, 4) is 5.75 Å². The molecular weight excluding hydrogens is 295 g/mol. The smallest absolute Gasteiger partial charge is 0.237 e. The first-order chi connectivity index (χ1) is 10.9. The second-order valence-electron chi connectivity index (χ2n) is 6.50. The SMILES string of the molecule is C[C@H](CNC(=O)[C@H](C)N1[C@@H](C)CC[C@@H]1C)Oc1ccccc1F. The molecule has 1 aromatic rings. The molecule has 4 nitrogen and oxygen atoms in total. The van der Waals surface area contributed by atoms with Gasteiger partial charge in [0, 0.05) is 12.1 Å². The van der Waals surface area contributed by atoms with E-state index in [1.165, 1.54) is 6.07 Å². The highest BCUT2D eigenvalue weighted by Gasteiger charge is 2.34. The highest BCUT2D eigenvalue weighted by molar-refractivity contribution is 5.81. The van der Waals surface area contributed by atoms with Gasteiger partial charge in [0.25, 0.3) is 0 Å². The van der Waals surface area contributed by atoms with Gasteiger partial charge in [-0.1, -0.05) is 12.1 Å². The second kappa shape index (κ2) is 7.77. The zero-order valence-corrected chi connectivity index (χ0v) is 14.4. The van der Waals surface area contributed by atoms with Gasteiger partial charge in [-0.25, -0.2) is 4.39 Å².